The van der Waals surface area contributed by atoms with E-state index in [1.165, 1.54) is 25.7 Å². The molecule has 0 radical (unpaired) electrons. The summed E-state index contributed by atoms with van der Waals surface area (Å²) >= 11 is 0. The SMILES string of the molecule is CCCCCCCC[C@H](CC(=O)O)C(O)c1ccccc1. The molecule has 0 saturated heterocycles. The summed E-state index contributed by atoms with van der Waals surface area (Å²) in [5, 5.41) is 19.4. The number of carboxylic acids is 1. The van der Waals surface area contributed by atoms with Crippen LogP contribution < -0.4 is 0 Å². The van der Waals surface area contributed by atoms with Gasteiger partial charge in [0, 0.05) is 0 Å². The van der Waals surface area contributed by atoms with Gasteiger partial charge in [-0.25, -0.2) is 0 Å². The summed E-state index contributed by atoms with van der Waals surface area (Å²) in [5.41, 5.74) is 0.815. The first-order chi connectivity index (χ1) is 10.1. The maximum Gasteiger partial charge on any atom is 0.303 e. The van der Waals surface area contributed by atoms with Crippen LogP contribution in [0.2, 0.25) is 0 Å². The molecule has 3 nitrogen and oxygen atoms in total. The molecule has 3 heteroatoms. The monoisotopic (exact) mass is 292 g/mol. The van der Waals surface area contributed by atoms with Crippen LogP contribution in [0.15, 0.2) is 30.3 Å². The summed E-state index contributed by atoms with van der Waals surface area (Å²) in [5.74, 6) is -1.03. The van der Waals surface area contributed by atoms with Gasteiger partial charge < -0.3 is 10.2 Å². The topological polar surface area (TPSA) is 57.5 Å². The third kappa shape index (κ3) is 7.28. The van der Waals surface area contributed by atoms with Gasteiger partial charge in [0.1, 0.15) is 0 Å². The fourth-order valence-electron chi connectivity index (χ4n) is 2.71. The first kappa shape index (κ1) is 17.7. The van der Waals surface area contributed by atoms with Gasteiger partial charge in [-0.05, 0) is 17.9 Å². The zero-order valence-electron chi connectivity index (χ0n) is 13.0. The highest BCUT2D eigenvalue weighted by Gasteiger charge is 2.23. The van der Waals surface area contributed by atoms with E-state index >= 15 is 0 Å². The molecule has 0 fully saturated rings. The Kier molecular flexibility index (Phi) is 8.76. The predicted molar refractivity (Wildman–Crippen MR) is 85.1 cm³/mol. The Hall–Kier alpha value is -1.35. The molecule has 0 bridgehead atoms. The van der Waals surface area contributed by atoms with Crippen molar-refractivity contribution in [1.82, 2.24) is 0 Å². The van der Waals surface area contributed by atoms with Gasteiger partial charge in [-0.15, -0.1) is 0 Å². The molecule has 1 aromatic rings. The minimum atomic E-state index is -0.832. The largest absolute Gasteiger partial charge is 0.481 e. The van der Waals surface area contributed by atoms with Gasteiger partial charge in [0.25, 0.3) is 0 Å². The minimum Gasteiger partial charge on any atom is -0.481 e. The van der Waals surface area contributed by atoms with Crippen molar-refractivity contribution in [3.63, 3.8) is 0 Å². The van der Waals surface area contributed by atoms with Gasteiger partial charge in [-0.2, -0.15) is 0 Å². The molecule has 21 heavy (non-hydrogen) atoms. The second-order valence-corrected chi connectivity index (χ2v) is 5.77. The van der Waals surface area contributed by atoms with Crippen LogP contribution in [0.1, 0.15) is 70.0 Å². The summed E-state index contributed by atoms with van der Waals surface area (Å²) in [7, 11) is 0. The van der Waals surface area contributed by atoms with Crippen molar-refractivity contribution in [1.29, 1.82) is 0 Å². The average Bonchev–Trinajstić information content (AvgIpc) is 2.49. The van der Waals surface area contributed by atoms with Crippen molar-refractivity contribution in [2.45, 2.75) is 64.4 Å². The van der Waals surface area contributed by atoms with Crippen molar-refractivity contribution in [3.8, 4) is 0 Å². The standard InChI is InChI=1S/C18H28O3/c1-2-3-4-5-6-8-13-16(14-17(19)20)18(21)15-11-9-7-10-12-15/h7,9-12,16,18,21H,2-6,8,13-14H2,1H3,(H,19,20)/t16-,18?/m1/s1. The smallest absolute Gasteiger partial charge is 0.303 e. The van der Waals surface area contributed by atoms with Crippen molar-refractivity contribution in [3.05, 3.63) is 35.9 Å². The third-order valence-electron chi connectivity index (χ3n) is 3.95. The van der Waals surface area contributed by atoms with E-state index in [1.54, 1.807) is 0 Å². The quantitative estimate of drug-likeness (QED) is 0.588. The minimum absolute atomic E-state index is 0.0328. The number of aliphatic hydroxyl groups is 1. The molecule has 1 unspecified atom stereocenters. The second-order valence-electron chi connectivity index (χ2n) is 5.77. The molecule has 0 aliphatic carbocycles. The Morgan fingerprint density at radius 2 is 1.67 bits per heavy atom. The molecule has 118 valence electrons. The number of aliphatic hydroxyl groups excluding tert-OH is 1. The molecule has 0 saturated carbocycles. The Morgan fingerprint density at radius 3 is 2.29 bits per heavy atom. The Morgan fingerprint density at radius 1 is 1.05 bits per heavy atom. The lowest BCUT2D eigenvalue weighted by atomic mass is 9.88. The molecule has 0 heterocycles. The highest BCUT2D eigenvalue weighted by molar-refractivity contribution is 5.67. The molecule has 2 atom stereocenters. The van der Waals surface area contributed by atoms with Crippen LogP contribution >= 0.6 is 0 Å². The number of unbranched alkanes of at least 4 members (excludes halogenated alkanes) is 5. The molecule has 0 amide bonds. The van der Waals surface area contributed by atoms with Gasteiger partial charge in [-0.1, -0.05) is 75.8 Å². The maximum absolute atomic E-state index is 11.0. The molecule has 0 spiro atoms. The van der Waals surface area contributed by atoms with Gasteiger partial charge in [-0.3, -0.25) is 4.79 Å². The normalized spacial score (nSPS) is 13.8. The van der Waals surface area contributed by atoms with Crippen molar-refractivity contribution < 1.29 is 15.0 Å². The van der Waals surface area contributed by atoms with Gasteiger partial charge >= 0.3 is 5.97 Å². The van der Waals surface area contributed by atoms with E-state index in [2.05, 4.69) is 6.92 Å². The summed E-state index contributed by atoms with van der Waals surface area (Å²) in [6.07, 6.45) is 7.19. The zero-order valence-corrected chi connectivity index (χ0v) is 13.0. The van der Waals surface area contributed by atoms with Crippen molar-refractivity contribution in [2.75, 3.05) is 0 Å². The number of hydrogen-bond acceptors (Lipinski definition) is 2. The summed E-state index contributed by atoms with van der Waals surface area (Å²) < 4.78 is 0. The Bertz CT molecular complexity index is 389. The molecule has 0 aliphatic heterocycles. The van der Waals surface area contributed by atoms with Gasteiger partial charge in [0.05, 0.1) is 12.5 Å². The molecule has 0 aliphatic rings. The number of carbonyl (C=O) groups is 1. The van der Waals surface area contributed by atoms with E-state index in [4.69, 9.17) is 5.11 Å². The number of carboxylic acid groups (broad SMARTS) is 1. The van der Waals surface area contributed by atoms with E-state index < -0.39 is 12.1 Å². The zero-order chi connectivity index (χ0) is 15.5. The molecule has 2 N–H and O–H groups in total. The number of hydrogen-bond donors (Lipinski definition) is 2. The lowest BCUT2D eigenvalue weighted by Gasteiger charge is -2.22. The van der Waals surface area contributed by atoms with E-state index in [-0.39, 0.29) is 12.3 Å². The predicted octanol–water partition coefficient (Wildman–Crippen LogP) is 4.56. The van der Waals surface area contributed by atoms with E-state index in [9.17, 15) is 9.90 Å². The maximum atomic E-state index is 11.0. The number of rotatable bonds is 11. The third-order valence-corrected chi connectivity index (χ3v) is 3.95. The van der Waals surface area contributed by atoms with Crippen LogP contribution in [0, 0.1) is 5.92 Å². The molecular formula is C18H28O3. The highest BCUT2D eigenvalue weighted by atomic mass is 16.4. The molecular weight excluding hydrogens is 264 g/mol. The summed E-state index contributed by atoms with van der Waals surface area (Å²) in [6, 6.07) is 9.37. The number of benzene rings is 1. The van der Waals surface area contributed by atoms with Crippen LogP contribution in [0.25, 0.3) is 0 Å². The summed E-state index contributed by atoms with van der Waals surface area (Å²) in [4.78, 5) is 11.0. The summed E-state index contributed by atoms with van der Waals surface area (Å²) in [6.45, 7) is 2.19. The van der Waals surface area contributed by atoms with Crippen molar-refractivity contribution >= 4 is 5.97 Å². The van der Waals surface area contributed by atoms with Gasteiger partial charge in [0.2, 0.25) is 0 Å². The average molecular weight is 292 g/mol. The fourth-order valence-corrected chi connectivity index (χ4v) is 2.71. The van der Waals surface area contributed by atoms with Crippen LogP contribution in [0.3, 0.4) is 0 Å². The molecule has 1 rings (SSSR count). The van der Waals surface area contributed by atoms with E-state index in [0.29, 0.717) is 0 Å². The lowest BCUT2D eigenvalue weighted by molar-refractivity contribution is -0.139. The lowest BCUT2D eigenvalue weighted by Crippen LogP contribution is -2.17. The van der Waals surface area contributed by atoms with E-state index in [1.807, 2.05) is 30.3 Å². The van der Waals surface area contributed by atoms with E-state index in [0.717, 1.165) is 24.8 Å². The Balaban J connectivity index is 2.46. The van der Waals surface area contributed by atoms with Crippen molar-refractivity contribution in [2.24, 2.45) is 5.92 Å². The van der Waals surface area contributed by atoms with Crippen LogP contribution in [0.5, 0.6) is 0 Å². The van der Waals surface area contributed by atoms with Crippen LogP contribution in [-0.4, -0.2) is 16.2 Å². The second kappa shape index (κ2) is 10.4. The Labute approximate surface area is 128 Å². The first-order valence-electron chi connectivity index (χ1n) is 8.10. The van der Waals surface area contributed by atoms with Gasteiger partial charge in [0.15, 0.2) is 0 Å². The highest BCUT2D eigenvalue weighted by Crippen LogP contribution is 2.29. The number of aliphatic carboxylic acids is 1. The first-order valence-corrected chi connectivity index (χ1v) is 8.10. The molecule has 1 aromatic carbocycles. The molecule has 0 aromatic heterocycles. The van der Waals surface area contributed by atoms with Crippen LogP contribution in [0.4, 0.5) is 0 Å². The van der Waals surface area contributed by atoms with Crippen LogP contribution in [-0.2, 0) is 4.79 Å². The fraction of sp³-hybridized carbons (Fsp3) is 0.611.